The van der Waals surface area contributed by atoms with Crippen LogP contribution in [0, 0.1) is 6.92 Å². The van der Waals surface area contributed by atoms with Gasteiger partial charge in [-0.2, -0.15) is 4.31 Å². The van der Waals surface area contributed by atoms with Crippen LogP contribution < -0.4 is 5.32 Å². The van der Waals surface area contributed by atoms with E-state index in [9.17, 15) is 18.3 Å². The summed E-state index contributed by atoms with van der Waals surface area (Å²) in [6.45, 7) is 1.53. The van der Waals surface area contributed by atoms with Gasteiger partial charge in [-0.3, -0.25) is 10.1 Å². The molecule has 1 saturated carbocycles. The van der Waals surface area contributed by atoms with Crippen molar-refractivity contribution in [2.24, 2.45) is 5.16 Å². The SMILES string of the molecule is Cc1cnc(NC(=O)/C(=N/O[C@@H]2CC[C@@H](O)C2)c2ccc(S(=O)(=O)N(C)CCO)cc2)s1. The quantitative estimate of drug-likeness (QED) is 0.362. The summed E-state index contributed by atoms with van der Waals surface area (Å²) in [5, 5.41) is 25.8. The summed E-state index contributed by atoms with van der Waals surface area (Å²) in [4.78, 5) is 23.5. The number of benzene rings is 1. The molecule has 3 N–H and O–H groups in total. The van der Waals surface area contributed by atoms with Crippen LogP contribution in [0.2, 0.25) is 0 Å². The summed E-state index contributed by atoms with van der Waals surface area (Å²) >= 11 is 1.31. The van der Waals surface area contributed by atoms with Crippen molar-refractivity contribution < 1.29 is 28.3 Å². The van der Waals surface area contributed by atoms with E-state index in [4.69, 9.17) is 9.94 Å². The summed E-state index contributed by atoms with van der Waals surface area (Å²) in [6.07, 6.45) is 2.54. The molecule has 0 aliphatic heterocycles. The van der Waals surface area contributed by atoms with Crippen molar-refractivity contribution in [2.45, 2.75) is 43.3 Å². The number of nitrogens with one attached hydrogen (secondary N) is 1. The summed E-state index contributed by atoms with van der Waals surface area (Å²) < 4.78 is 26.2. The van der Waals surface area contributed by atoms with Gasteiger partial charge >= 0.3 is 0 Å². The van der Waals surface area contributed by atoms with Crippen LogP contribution in [0.25, 0.3) is 0 Å². The second-order valence-electron chi connectivity index (χ2n) is 7.44. The minimum Gasteiger partial charge on any atom is -0.395 e. The Hall–Kier alpha value is -2.38. The first-order chi connectivity index (χ1) is 15.2. The van der Waals surface area contributed by atoms with Gasteiger partial charge in [0.05, 0.1) is 17.6 Å². The topological polar surface area (TPSA) is 141 Å². The molecule has 0 saturated heterocycles. The molecule has 1 amide bonds. The molecule has 2 atom stereocenters. The first-order valence-electron chi connectivity index (χ1n) is 10.0. The Morgan fingerprint density at radius 2 is 2.06 bits per heavy atom. The number of carbonyl (C=O) groups is 1. The van der Waals surface area contributed by atoms with Crippen LogP contribution in [-0.2, 0) is 19.7 Å². The maximum atomic E-state index is 12.9. The van der Waals surface area contributed by atoms with Crippen LogP contribution in [0.4, 0.5) is 5.13 Å². The van der Waals surface area contributed by atoms with Crippen LogP contribution in [0.1, 0.15) is 29.7 Å². The molecule has 32 heavy (non-hydrogen) atoms. The Balaban J connectivity index is 1.85. The lowest BCUT2D eigenvalue weighted by atomic mass is 10.1. The Bertz CT molecular complexity index is 1070. The number of oxime groups is 1. The van der Waals surface area contributed by atoms with Crippen LogP contribution in [0.3, 0.4) is 0 Å². The van der Waals surface area contributed by atoms with Gasteiger partial charge in [0.1, 0.15) is 6.10 Å². The van der Waals surface area contributed by atoms with E-state index in [2.05, 4.69) is 15.5 Å². The van der Waals surface area contributed by atoms with Gasteiger partial charge in [0.2, 0.25) is 10.0 Å². The number of aromatic nitrogens is 1. The highest BCUT2D eigenvalue weighted by atomic mass is 32.2. The van der Waals surface area contributed by atoms with Crippen molar-refractivity contribution in [3.8, 4) is 0 Å². The molecule has 174 valence electrons. The molecular formula is C20H26N4O6S2. The third-order valence-corrected chi connectivity index (χ3v) is 7.66. The molecule has 1 aliphatic carbocycles. The molecule has 1 aromatic carbocycles. The van der Waals surface area contributed by atoms with Crippen molar-refractivity contribution in [2.75, 3.05) is 25.5 Å². The standard InChI is InChI=1S/C20H26N4O6S2/c1-13-12-21-20(31-13)22-19(27)18(23-30-16-6-5-15(26)11-16)14-3-7-17(8-4-14)32(28,29)24(2)9-10-25/h3-4,7-8,12,15-16,25-26H,5-6,9-11H2,1-2H3,(H,21,22,27)/b23-18+/t15-,16-/m1/s1. The van der Waals surface area contributed by atoms with E-state index < -0.39 is 22.0 Å². The van der Waals surface area contributed by atoms with Crippen molar-refractivity contribution in [3.63, 3.8) is 0 Å². The lowest BCUT2D eigenvalue weighted by molar-refractivity contribution is -0.110. The Morgan fingerprint density at radius 3 is 2.62 bits per heavy atom. The van der Waals surface area contributed by atoms with Gasteiger partial charge in [-0.25, -0.2) is 13.4 Å². The van der Waals surface area contributed by atoms with Gasteiger partial charge in [-0.1, -0.05) is 17.3 Å². The van der Waals surface area contributed by atoms with Crippen LogP contribution in [-0.4, -0.2) is 71.9 Å². The molecule has 12 heteroatoms. The molecule has 0 spiro atoms. The van der Waals surface area contributed by atoms with E-state index in [1.165, 1.54) is 42.6 Å². The highest BCUT2D eigenvalue weighted by molar-refractivity contribution is 7.89. The van der Waals surface area contributed by atoms with Gasteiger partial charge < -0.3 is 15.1 Å². The number of rotatable bonds is 9. The number of anilines is 1. The van der Waals surface area contributed by atoms with Crippen molar-refractivity contribution in [1.82, 2.24) is 9.29 Å². The molecule has 0 unspecified atom stereocenters. The van der Waals surface area contributed by atoms with E-state index >= 15 is 0 Å². The number of aliphatic hydroxyl groups is 2. The minimum atomic E-state index is -3.78. The zero-order valence-corrected chi connectivity index (χ0v) is 19.4. The van der Waals surface area contributed by atoms with Gasteiger partial charge in [0, 0.05) is 36.7 Å². The highest BCUT2D eigenvalue weighted by Crippen LogP contribution is 2.23. The number of aliphatic hydroxyl groups excluding tert-OH is 2. The number of likely N-dealkylation sites (N-methyl/N-ethyl adjacent to an activating group) is 1. The highest BCUT2D eigenvalue weighted by Gasteiger charge is 2.26. The predicted octanol–water partition coefficient (Wildman–Crippen LogP) is 1.34. The lowest BCUT2D eigenvalue weighted by Crippen LogP contribution is -2.29. The third kappa shape index (κ3) is 5.90. The molecule has 10 nitrogen and oxygen atoms in total. The third-order valence-electron chi connectivity index (χ3n) is 4.96. The molecule has 1 aromatic heterocycles. The van der Waals surface area contributed by atoms with Crippen LogP contribution in [0.5, 0.6) is 0 Å². The Kier molecular flexibility index (Phi) is 7.96. The van der Waals surface area contributed by atoms with Gasteiger partial charge in [-0.15, -0.1) is 11.3 Å². The Labute approximate surface area is 190 Å². The molecule has 0 bridgehead atoms. The van der Waals surface area contributed by atoms with Gasteiger partial charge in [-0.05, 0) is 31.9 Å². The van der Waals surface area contributed by atoms with E-state index in [0.717, 1.165) is 9.18 Å². The molecular weight excluding hydrogens is 456 g/mol. The fraction of sp³-hybridized carbons (Fsp3) is 0.450. The maximum absolute atomic E-state index is 12.9. The summed E-state index contributed by atoms with van der Waals surface area (Å²) in [5.74, 6) is -0.550. The van der Waals surface area contributed by atoms with E-state index in [-0.39, 0.29) is 29.9 Å². The van der Waals surface area contributed by atoms with E-state index in [1.807, 2.05) is 6.92 Å². The summed E-state index contributed by atoms with van der Waals surface area (Å²) in [5.41, 5.74) is 0.324. The van der Waals surface area contributed by atoms with Crippen molar-refractivity contribution in [1.29, 1.82) is 0 Å². The predicted molar refractivity (Wildman–Crippen MR) is 120 cm³/mol. The number of carbonyl (C=O) groups excluding carboxylic acids is 1. The zero-order chi connectivity index (χ0) is 23.3. The average molecular weight is 483 g/mol. The van der Waals surface area contributed by atoms with Crippen molar-refractivity contribution >= 4 is 38.1 Å². The smallest absolute Gasteiger partial charge is 0.280 e. The number of hydrogen-bond acceptors (Lipinski definition) is 9. The molecule has 3 rings (SSSR count). The molecule has 1 heterocycles. The summed E-state index contributed by atoms with van der Waals surface area (Å²) in [6, 6.07) is 5.68. The second-order valence-corrected chi connectivity index (χ2v) is 10.7. The fourth-order valence-electron chi connectivity index (χ4n) is 3.16. The second kappa shape index (κ2) is 10.5. The van der Waals surface area contributed by atoms with Crippen LogP contribution in [0.15, 0.2) is 40.5 Å². The molecule has 0 radical (unpaired) electrons. The molecule has 2 aromatic rings. The van der Waals surface area contributed by atoms with Crippen molar-refractivity contribution in [3.05, 3.63) is 40.9 Å². The number of hydrogen-bond donors (Lipinski definition) is 3. The first-order valence-corrected chi connectivity index (χ1v) is 12.3. The Morgan fingerprint density at radius 1 is 1.34 bits per heavy atom. The molecule has 1 aliphatic rings. The number of thiazole rings is 1. The maximum Gasteiger partial charge on any atom is 0.280 e. The van der Waals surface area contributed by atoms with Gasteiger partial charge in [0.25, 0.3) is 5.91 Å². The summed E-state index contributed by atoms with van der Waals surface area (Å²) in [7, 11) is -2.40. The first kappa shape index (κ1) is 24.3. The average Bonchev–Trinajstić information content (AvgIpc) is 3.36. The minimum absolute atomic E-state index is 0.0207. The molecule has 1 fully saturated rings. The number of sulfonamides is 1. The largest absolute Gasteiger partial charge is 0.395 e. The number of aryl methyl sites for hydroxylation is 1. The monoisotopic (exact) mass is 482 g/mol. The number of nitrogens with zero attached hydrogens (tertiary/aromatic N) is 3. The zero-order valence-electron chi connectivity index (χ0n) is 17.8. The van der Waals surface area contributed by atoms with Crippen LogP contribution >= 0.6 is 11.3 Å². The normalized spacial score (nSPS) is 19.3. The fourth-order valence-corrected chi connectivity index (χ4v) is 4.98. The van der Waals surface area contributed by atoms with E-state index in [0.29, 0.717) is 30.0 Å². The van der Waals surface area contributed by atoms with E-state index in [1.54, 1.807) is 6.20 Å². The lowest BCUT2D eigenvalue weighted by Gasteiger charge is -2.16. The number of amides is 1. The van der Waals surface area contributed by atoms with Gasteiger partial charge in [0.15, 0.2) is 10.8 Å².